The van der Waals surface area contributed by atoms with E-state index in [2.05, 4.69) is 21.2 Å². The highest BCUT2D eigenvalue weighted by Crippen LogP contribution is 2.23. The smallest absolute Gasteiger partial charge is 0.149 e. The molecule has 0 heterocycles. The van der Waals surface area contributed by atoms with E-state index in [0.29, 0.717) is 5.75 Å². The third-order valence-corrected chi connectivity index (χ3v) is 3.33. The quantitative estimate of drug-likeness (QED) is 0.776. The summed E-state index contributed by atoms with van der Waals surface area (Å²) in [6.07, 6.45) is -0.826. The minimum absolute atomic E-state index is 0.0704. The molecule has 0 bridgehead atoms. The number of aliphatic hydroxyl groups is 1. The van der Waals surface area contributed by atoms with Crippen LogP contribution in [0.1, 0.15) is 0 Å². The summed E-state index contributed by atoms with van der Waals surface area (Å²) in [5.74, 6) is -0.745. The van der Waals surface area contributed by atoms with Gasteiger partial charge in [-0.15, -0.1) is 0 Å². The number of nitrogens with one attached hydrogen (secondary N) is 1. The van der Waals surface area contributed by atoms with E-state index in [1.165, 1.54) is 6.07 Å². The average molecular weight is 358 g/mol. The molecule has 3 nitrogen and oxygen atoms in total. The molecule has 6 heteroatoms. The van der Waals surface area contributed by atoms with Gasteiger partial charge in [-0.25, -0.2) is 8.78 Å². The standard InChI is InChI=1S/C15H14BrF2NO2/c16-12-6-15(14(18)7-13(12)17)19-8-10(20)9-21-11-4-2-1-3-5-11/h1-7,10,19-20H,8-9H2. The van der Waals surface area contributed by atoms with Crippen LogP contribution in [0, 0.1) is 11.6 Å². The van der Waals surface area contributed by atoms with Gasteiger partial charge < -0.3 is 15.2 Å². The maximum Gasteiger partial charge on any atom is 0.149 e. The summed E-state index contributed by atoms with van der Waals surface area (Å²) in [5.41, 5.74) is 0.113. The number of hydrogen-bond donors (Lipinski definition) is 2. The molecule has 21 heavy (non-hydrogen) atoms. The summed E-state index contributed by atoms with van der Waals surface area (Å²) in [5, 5.41) is 12.5. The number of para-hydroxylation sites is 1. The average Bonchev–Trinajstić information content (AvgIpc) is 2.48. The first kappa shape index (κ1) is 15.7. The molecule has 2 aromatic carbocycles. The van der Waals surface area contributed by atoms with Crippen LogP contribution in [0.4, 0.5) is 14.5 Å². The van der Waals surface area contributed by atoms with Crippen LogP contribution < -0.4 is 10.1 Å². The zero-order valence-electron chi connectivity index (χ0n) is 11.0. The molecule has 1 unspecified atom stereocenters. The minimum Gasteiger partial charge on any atom is -0.491 e. The van der Waals surface area contributed by atoms with Crippen molar-refractivity contribution < 1.29 is 18.6 Å². The predicted octanol–water partition coefficient (Wildman–Crippen LogP) is 3.58. The summed E-state index contributed by atoms with van der Waals surface area (Å²) in [4.78, 5) is 0. The van der Waals surface area contributed by atoms with Gasteiger partial charge in [-0.05, 0) is 34.1 Å². The van der Waals surface area contributed by atoms with Gasteiger partial charge in [0.05, 0.1) is 10.2 Å². The topological polar surface area (TPSA) is 41.5 Å². The zero-order chi connectivity index (χ0) is 15.2. The molecule has 2 N–H and O–H groups in total. The van der Waals surface area contributed by atoms with Crippen molar-refractivity contribution in [2.75, 3.05) is 18.5 Å². The van der Waals surface area contributed by atoms with E-state index >= 15 is 0 Å². The van der Waals surface area contributed by atoms with Crippen molar-refractivity contribution in [2.45, 2.75) is 6.10 Å². The highest BCUT2D eigenvalue weighted by Gasteiger charge is 2.10. The van der Waals surface area contributed by atoms with Crippen molar-refractivity contribution in [3.8, 4) is 5.75 Å². The van der Waals surface area contributed by atoms with Gasteiger partial charge in [0, 0.05) is 12.6 Å². The van der Waals surface area contributed by atoms with Gasteiger partial charge in [0.15, 0.2) is 0 Å². The van der Waals surface area contributed by atoms with Crippen molar-refractivity contribution in [1.29, 1.82) is 0 Å². The van der Waals surface area contributed by atoms with E-state index in [9.17, 15) is 13.9 Å². The second kappa shape index (κ2) is 7.38. The van der Waals surface area contributed by atoms with Gasteiger partial charge in [-0.2, -0.15) is 0 Å². The van der Waals surface area contributed by atoms with Crippen molar-refractivity contribution in [2.24, 2.45) is 0 Å². The van der Waals surface area contributed by atoms with E-state index in [-0.39, 0.29) is 23.3 Å². The molecule has 112 valence electrons. The molecular weight excluding hydrogens is 344 g/mol. The fourth-order valence-electron chi connectivity index (χ4n) is 1.65. The Morgan fingerprint density at radius 2 is 1.86 bits per heavy atom. The molecule has 0 fully saturated rings. The first-order valence-electron chi connectivity index (χ1n) is 6.30. The maximum absolute atomic E-state index is 13.5. The number of ether oxygens (including phenoxy) is 1. The SMILES string of the molecule is OC(CNc1cc(Br)c(F)cc1F)COc1ccccc1. The number of anilines is 1. The number of hydrogen-bond acceptors (Lipinski definition) is 3. The molecular formula is C15H14BrF2NO2. The fraction of sp³-hybridized carbons (Fsp3) is 0.200. The van der Waals surface area contributed by atoms with Crippen molar-refractivity contribution in [1.82, 2.24) is 0 Å². The molecule has 0 amide bonds. The van der Waals surface area contributed by atoms with Gasteiger partial charge in [-0.3, -0.25) is 0 Å². The number of halogens is 3. The highest BCUT2D eigenvalue weighted by atomic mass is 79.9. The molecule has 0 saturated heterocycles. The van der Waals surface area contributed by atoms with Gasteiger partial charge >= 0.3 is 0 Å². The Balaban J connectivity index is 1.84. The Hall–Kier alpha value is -1.66. The van der Waals surface area contributed by atoms with E-state index < -0.39 is 17.7 Å². The van der Waals surface area contributed by atoms with Crippen molar-refractivity contribution >= 4 is 21.6 Å². The Labute approximate surface area is 129 Å². The minimum atomic E-state index is -0.826. The number of benzene rings is 2. The van der Waals surface area contributed by atoms with Crippen LogP contribution in [-0.4, -0.2) is 24.4 Å². The first-order valence-corrected chi connectivity index (χ1v) is 7.10. The molecule has 0 saturated carbocycles. The predicted molar refractivity (Wildman–Crippen MR) is 80.5 cm³/mol. The van der Waals surface area contributed by atoms with Crippen LogP contribution in [0.15, 0.2) is 46.9 Å². The highest BCUT2D eigenvalue weighted by molar-refractivity contribution is 9.10. The molecule has 2 aromatic rings. The largest absolute Gasteiger partial charge is 0.491 e. The van der Waals surface area contributed by atoms with Crippen molar-refractivity contribution in [3.63, 3.8) is 0 Å². The van der Waals surface area contributed by atoms with E-state index in [1.54, 1.807) is 12.1 Å². The Morgan fingerprint density at radius 3 is 2.57 bits per heavy atom. The van der Waals surface area contributed by atoms with Gasteiger partial charge in [-0.1, -0.05) is 18.2 Å². The molecule has 0 aromatic heterocycles. The van der Waals surface area contributed by atoms with Crippen molar-refractivity contribution in [3.05, 3.63) is 58.6 Å². The van der Waals surface area contributed by atoms with Crippen LogP contribution in [0.25, 0.3) is 0 Å². The summed E-state index contributed by atoms with van der Waals surface area (Å²) in [6.45, 7) is 0.156. The first-order chi connectivity index (χ1) is 10.1. The molecule has 0 aliphatic rings. The second-order valence-electron chi connectivity index (χ2n) is 4.40. The number of rotatable bonds is 6. The summed E-state index contributed by atoms with van der Waals surface area (Å²) in [6, 6.07) is 11.1. The lowest BCUT2D eigenvalue weighted by molar-refractivity contribution is 0.117. The van der Waals surface area contributed by atoms with E-state index in [0.717, 1.165) is 6.07 Å². The molecule has 0 spiro atoms. The maximum atomic E-state index is 13.5. The van der Waals surface area contributed by atoms with Crippen LogP contribution in [-0.2, 0) is 0 Å². The van der Waals surface area contributed by atoms with Gasteiger partial charge in [0.1, 0.15) is 30.1 Å². The number of aliphatic hydroxyl groups excluding tert-OH is 1. The molecule has 0 aliphatic carbocycles. The third kappa shape index (κ3) is 4.68. The van der Waals surface area contributed by atoms with Crippen LogP contribution >= 0.6 is 15.9 Å². The molecule has 0 radical (unpaired) electrons. The second-order valence-corrected chi connectivity index (χ2v) is 5.26. The summed E-state index contributed by atoms with van der Waals surface area (Å²) < 4.78 is 32.1. The molecule has 0 aliphatic heterocycles. The van der Waals surface area contributed by atoms with E-state index in [1.807, 2.05) is 18.2 Å². The fourth-order valence-corrected chi connectivity index (χ4v) is 2.00. The van der Waals surface area contributed by atoms with Crippen LogP contribution in [0.3, 0.4) is 0 Å². The Morgan fingerprint density at radius 1 is 1.14 bits per heavy atom. The zero-order valence-corrected chi connectivity index (χ0v) is 12.6. The molecule has 1 atom stereocenters. The monoisotopic (exact) mass is 357 g/mol. The normalized spacial score (nSPS) is 12.0. The van der Waals surface area contributed by atoms with Gasteiger partial charge in [0.2, 0.25) is 0 Å². The van der Waals surface area contributed by atoms with Crippen LogP contribution in [0.5, 0.6) is 5.75 Å². The third-order valence-electron chi connectivity index (χ3n) is 2.72. The van der Waals surface area contributed by atoms with Crippen LogP contribution in [0.2, 0.25) is 0 Å². The lowest BCUT2D eigenvalue weighted by atomic mass is 10.2. The Bertz CT molecular complexity index is 596. The lowest BCUT2D eigenvalue weighted by Crippen LogP contribution is -2.26. The lowest BCUT2D eigenvalue weighted by Gasteiger charge is -2.14. The summed E-state index contributed by atoms with van der Waals surface area (Å²) in [7, 11) is 0. The van der Waals surface area contributed by atoms with Gasteiger partial charge in [0.25, 0.3) is 0 Å². The Kier molecular flexibility index (Phi) is 5.52. The molecule has 2 rings (SSSR count). The van der Waals surface area contributed by atoms with E-state index in [4.69, 9.17) is 4.74 Å². The summed E-state index contributed by atoms with van der Waals surface area (Å²) >= 11 is 2.98.